The SMILES string of the molecule is Fc1ccccc1-c1ccc(-c2ccccc2)cc1-c1ccccc1. The summed E-state index contributed by atoms with van der Waals surface area (Å²) in [5, 5.41) is 0. The molecule has 4 rings (SSSR count). The van der Waals surface area contributed by atoms with Crippen molar-refractivity contribution in [2.24, 2.45) is 0 Å². The molecule has 0 nitrogen and oxygen atoms in total. The quantitative estimate of drug-likeness (QED) is 0.387. The van der Waals surface area contributed by atoms with Crippen molar-refractivity contribution in [2.75, 3.05) is 0 Å². The summed E-state index contributed by atoms with van der Waals surface area (Å²) in [6.07, 6.45) is 0. The Morgan fingerprint density at radius 2 is 1.00 bits per heavy atom. The van der Waals surface area contributed by atoms with E-state index in [4.69, 9.17) is 0 Å². The van der Waals surface area contributed by atoms with E-state index in [-0.39, 0.29) is 5.82 Å². The van der Waals surface area contributed by atoms with Crippen molar-refractivity contribution in [2.45, 2.75) is 0 Å². The molecular weight excluding hydrogens is 307 g/mol. The topological polar surface area (TPSA) is 0 Å². The Morgan fingerprint density at radius 3 is 1.68 bits per heavy atom. The predicted octanol–water partition coefficient (Wildman–Crippen LogP) is 6.83. The third-order valence-corrected chi connectivity index (χ3v) is 4.38. The minimum absolute atomic E-state index is 0.202. The summed E-state index contributed by atoms with van der Waals surface area (Å²) in [4.78, 5) is 0. The second-order valence-electron chi connectivity index (χ2n) is 5.97. The molecule has 0 aliphatic heterocycles. The molecule has 0 bridgehead atoms. The van der Waals surface area contributed by atoms with Gasteiger partial charge in [-0.25, -0.2) is 4.39 Å². The fourth-order valence-corrected chi connectivity index (χ4v) is 3.13. The van der Waals surface area contributed by atoms with Crippen LogP contribution in [-0.2, 0) is 0 Å². The smallest absolute Gasteiger partial charge is 0.131 e. The van der Waals surface area contributed by atoms with Gasteiger partial charge in [-0.15, -0.1) is 0 Å². The van der Waals surface area contributed by atoms with Crippen LogP contribution in [0.5, 0.6) is 0 Å². The van der Waals surface area contributed by atoms with E-state index in [1.54, 1.807) is 6.07 Å². The van der Waals surface area contributed by atoms with Crippen LogP contribution in [0.3, 0.4) is 0 Å². The summed E-state index contributed by atoms with van der Waals surface area (Å²) in [7, 11) is 0. The van der Waals surface area contributed by atoms with Crippen LogP contribution in [-0.4, -0.2) is 0 Å². The van der Waals surface area contributed by atoms with E-state index in [1.165, 1.54) is 6.07 Å². The Hall–Kier alpha value is -3.19. The van der Waals surface area contributed by atoms with Gasteiger partial charge in [-0.3, -0.25) is 0 Å². The number of rotatable bonds is 3. The van der Waals surface area contributed by atoms with E-state index in [2.05, 4.69) is 36.4 Å². The normalized spacial score (nSPS) is 10.6. The molecule has 0 aromatic heterocycles. The van der Waals surface area contributed by atoms with Gasteiger partial charge in [-0.05, 0) is 39.9 Å². The Labute approximate surface area is 147 Å². The summed E-state index contributed by atoms with van der Waals surface area (Å²) >= 11 is 0. The molecule has 4 aromatic rings. The van der Waals surface area contributed by atoms with Crippen molar-refractivity contribution >= 4 is 0 Å². The third-order valence-electron chi connectivity index (χ3n) is 4.38. The number of benzene rings is 4. The first-order chi connectivity index (χ1) is 12.3. The Kier molecular flexibility index (Phi) is 4.14. The van der Waals surface area contributed by atoms with Gasteiger partial charge >= 0.3 is 0 Å². The molecule has 25 heavy (non-hydrogen) atoms. The fraction of sp³-hybridized carbons (Fsp3) is 0. The average molecular weight is 324 g/mol. The predicted molar refractivity (Wildman–Crippen MR) is 103 cm³/mol. The lowest BCUT2D eigenvalue weighted by atomic mass is 9.91. The van der Waals surface area contributed by atoms with Gasteiger partial charge in [0, 0.05) is 5.56 Å². The molecule has 0 aliphatic carbocycles. The van der Waals surface area contributed by atoms with E-state index in [0.717, 1.165) is 27.8 Å². The second kappa shape index (κ2) is 6.74. The standard InChI is InChI=1S/C24H17F/c25-24-14-8-7-13-22(24)21-16-15-20(18-9-3-1-4-10-18)17-23(21)19-11-5-2-6-12-19/h1-17H. The van der Waals surface area contributed by atoms with Crippen LogP contribution in [0.25, 0.3) is 33.4 Å². The van der Waals surface area contributed by atoms with Gasteiger partial charge in [0.15, 0.2) is 0 Å². The van der Waals surface area contributed by atoms with Crippen LogP contribution in [0, 0.1) is 5.82 Å². The van der Waals surface area contributed by atoms with Gasteiger partial charge < -0.3 is 0 Å². The van der Waals surface area contributed by atoms with Crippen LogP contribution in [0.2, 0.25) is 0 Å². The second-order valence-corrected chi connectivity index (χ2v) is 5.97. The molecule has 4 aromatic carbocycles. The highest BCUT2D eigenvalue weighted by Gasteiger charge is 2.12. The zero-order chi connectivity index (χ0) is 17.1. The maximum atomic E-state index is 14.4. The molecule has 0 amide bonds. The summed E-state index contributed by atoms with van der Waals surface area (Å²) in [5.74, 6) is -0.202. The maximum absolute atomic E-state index is 14.4. The first kappa shape index (κ1) is 15.3. The summed E-state index contributed by atoms with van der Waals surface area (Å²) in [6.45, 7) is 0. The summed E-state index contributed by atoms with van der Waals surface area (Å²) < 4.78 is 14.4. The molecule has 0 fully saturated rings. The molecule has 0 N–H and O–H groups in total. The van der Waals surface area contributed by atoms with Crippen molar-refractivity contribution in [3.8, 4) is 33.4 Å². The van der Waals surface area contributed by atoms with E-state index >= 15 is 0 Å². The molecule has 0 saturated carbocycles. The zero-order valence-electron chi connectivity index (χ0n) is 13.7. The van der Waals surface area contributed by atoms with E-state index in [1.807, 2.05) is 54.6 Å². The highest BCUT2D eigenvalue weighted by Crippen LogP contribution is 2.36. The van der Waals surface area contributed by atoms with Crippen LogP contribution >= 0.6 is 0 Å². The third kappa shape index (κ3) is 3.09. The maximum Gasteiger partial charge on any atom is 0.131 e. The van der Waals surface area contributed by atoms with Crippen molar-refractivity contribution in [1.82, 2.24) is 0 Å². The molecule has 0 atom stereocenters. The molecular formula is C24H17F. The molecule has 0 radical (unpaired) electrons. The largest absolute Gasteiger partial charge is 0.206 e. The van der Waals surface area contributed by atoms with Crippen molar-refractivity contribution in [3.63, 3.8) is 0 Å². The molecule has 1 heteroatoms. The summed E-state index contributed by atoms with van der Waals surface area (Å²) in [6, 6.07) is 33.5. The number of hydrogen-bond acceptors (Lipinski definition) is 0. The molecule has 0 heterocycles. The van der Waals surface area contributed by atoms with Gasteiger partial charge in [0.25, 0.3) is 0 Å². The minimum atomic E-state index is -0.202. The van der Waals surface area contributed by atoms with Gasteiger partial charge in [0.05, 0.1) is 0 Å². The minimum Gasteiger partial charge on any atom is -0.206 e. The molecule has 120 valence electrons. The summed E-state index contributed by atoms with van der Waals surface area (Å²) in [5.41, 5.74) is 5.93. The lowest BCUT2D eigenvalue weighted by Gasteiger charge is -2.13. The molecule has 0 aliphatic rings. The number of halogens is 1. The number of hydrogen-bond donors (Lipinski definition) is 0. The van der Waals surface area contributed by atoms with E-state index < -0.39 is 0 Å². The monoisotopic (exact) mass is 324 g/mol. The highest BCUT2D eigenvalue weighted by molar-refractivity contribution is 5.87. The lowest BCUT2D eigenvalue weighted by molar-refractivity contribution is 0.631. The lowest BCUT2D eigenvalue weighted by Crippen LogP contribution is -1.90. The van der Waals surface area contributed by atoms with Crippen LogP contribution in [0.4, 0.5) is 4.39 Å². The van der Waals surface area contributed by atoms with Gasteiger partial charge in [0.1, 0.15) is 5.82 Å². The van der Waals surface area contributed by atoms with E-state index in [0.29, 0.717) is 5.56 Å². The van der Waals surface area contributed by atoms with Crippen LogP contribution in [0.1, 0.15) is 0 Å². The fourth-order valence-electron chi connectivity index (χ4n) is 3.13. The van der Waals surface area contributed by atoms with Gasteiger partial charge in [-0.1, -0.05) is 91.0 Å². The van der Waals surface area contributed by atoms with Crippen molar-refractivity contribution in [1.29, 1.82) is 0 Å². The zero-order valence-corrected chi connectivity index (χ0v) is 13.7. The van der Waals surface area contributed by atoms with Gasteiger partial charge in [0.2, 0.25) is 0 Å². The van der Waals surface area contributed by atoms with Gasteiger partial charge in [-0.2, -0.15) is 0 Å². The molecule has 0 saturated heterocycles. The first-order valence-corrected chi connectivity index (χ1v) is 8.33. The van der Waals surface area contributed by atoms with Crippen LogP contribution < -0.4 is 0 Å². The van der Waals surface area contributed by atoms with Crippen molar-refractivity contribution in [3.05, 3.63) is 109 Å². The average Bonchev–Trinajstić information content (AvgIpc) is 2.69. The Balaban J connectivity index is 1.95. The first-order valence-electron chi connectivity index (χ1n) is 8.33. The Morgan fingerprint density at radius 1 is 0.400 bits per heavy atom. The highest BCUT2D eigenvalue weighted by atomic mass is 19.1. The van der Waals surface area contributed by atoms with Crippen molar-refractivity contribution < 1.29 is 4.39 Å². The molecule has 0 unspecified atom stereocenters. The van der Waals surface area contributed by atoms with E-state index in [9.17, 15) is 4.39 Å². The molecule has 0 spiro atoms. The van der Waals surface area contributed by atoms with Crippen LogP contribution in [0.15, 0.2) is 103 Å². The Bertz CT molecular complexity index is 989.